The summed E-state index contributed by atoms with van der Waals surface area (Å²) >= 11 is 12.1. The first-order chi connectivity index (χ1) is 13.1. The van der Waals surface area contributed by atoms with Gasteiger partial charge in [0.25, 0.3) is 0 Å². The number of hydrogen-bond donors (Lipinski definition) is 0. The zero-order valence-electron chi connectivity index (χ0n) is 15.1. The molecule has 0 aromatic carbocycles. The number of nitrogens with zero attached hydrogens (tertiary/aromatic N) is 6. The van der Waals surface area contributed by atoms with Crippen LogP contribution in [0.5, 0.6) is 0 Å². The van der Waals surface area contributed by atoms with Gasteiger partial charge >= 0.3 is 0 Å². The van der Waals surface area contributed by atoms with E-state index < -0.39 is 0 Å². The average Bonchev–Trinajstić information content (AvgIpc) is 2.60. The molecule has 1 aliphatic heterocycles. The lowest BCUT2D eigenvalue weighted by Gasteiger charge is -2.33. The van der Waals surface area contributed by atoms with Crippen LogP contribution < -0.4 is 9.80 Å². The first-order valence-corrected chi connectivity index (χ1v) is 9.77. The second-order valence-electron chi connectivity index (χ2n) is 6.67. The third kappa shape index (κ3) is 4.06. The van der Waals surface area contributed by atoms with Crippen molar-refractivity contribution in [2.75, 3.05) is 36.0 Å². The molecular weight excluding hydrogens is 383 g/mol. The van der Waals surface area contributed by atoms with E-state index in [1.54, 1.807) is 6.20 Å². The molecular formula is C19H20Cl2N6. The van der Waals surface area contributed by atoms with Gasteiger partial charge in [0.2, 0.25) is 5.28 Å². The highest BCUT2D eigenvalue weighted by molar-refractivity contribution is 6.31. The van der Waals surface area contributed by atoms with E-state index in [9.17, 15) is 0 Å². The molecule has 0 spiro atoms. The molecule has 1 fully saturated rings. The molecule has 0 radical (unpaired) electrons. The predicted octanol–water partition coefficient (Wildman–Crippen LogP) is 4.14. The molecule has 0 saturated carbocycles. The van der Waals surface area contributed by atoms with Gasteiger partial charge in [-0.25, -0.2) is 9.97 Å². The van der Waals surface area contributed by atoms with Gasteiger partial charge in [0.05, 0.1) is 16.2 Å². The van der Waals surface area contributed by atoms with E-state index in [0.29, 0.717) is 10.3 Å². The zero-order chi connectivity index (χ0) is 18.8. The minimum absolute atomic E-state index is 0.296. The molecule has 0 amide bonds. The summed E-state index contributed by atoms with van der Waals surface area (Å²) in [6.07, 6.45) is 5.67. The van der Waals surface area contributed by atoms with Crippen LogP contribution in [0.15, 0.2) is 30.6 Å². The largest absolute Gasteiger partial charge is 0.368 e. The van der Waals surface area contributed by atoms with Crippen molar-refractivity contribution in [3.05, 3.63) is 46.6 Å². The zero-order valence-corrected chi connectivity index (χ0v) is 16.6. The van der Waals surface area contributed by atoms with E-state index in [1.807, 2.05) is 31.3 Å². The lowest BCUT2D eigenvalue weighted by Crippen LogP contribution is -2.39. The summed E-state index contributed by atoms with van der Waals surface area (Å²) in [6.45, 7) is 5.61. The van der Waals surface area contributed by atoms with Gasteiger partial charge in [0.15, 0.2) is 0 Å². The summed E-state index contributed by atoms with van der Waals surface area (Å²) in [4.78, 5) is 22.2. The SMILES string of the molecule is Cc1cc(N2CCCCN(c3ccnc4cc(Cl)cnc34)CC2)nc(Cl)n1. The van der Waals surface area contributed by atoms with Gasteiger partial charge in [-0.05, 0) is 43.5 Å². The molecule has 0 N–H and O–H groups in total. The number of pyridine rings is 2. The normalized spacial score (nSPS) is 15.7. The molecule has 140 valence electrons. The topological polar surface area (TPSA) is 58.0 Å². The second kappa shape index (κ2) is 7.82. The van der Waals surface area contributed by atoms with Crippen LogP contribution in [0.2, 0.25) is 10.3 Å². The smallest absolute Gasteiger partial charge is 0.224 e. The molecule has 1 aliphatic rings. The standard InChI is InChI=1S/C19H20Cl2N6/c1-13-10-17(25-19(21)24-13)27-7-3-2-6-26(8-9-27)16-4-5-22-15-11-14(20)12-23-18(15)16/h4-5,10-12H,2-3,6-9H2,1H3. The molecule has 0 unspecified atom stereocenters. The number of aromatic nitrogens is 4. The van der Waals surface area contributed by atoms with Gasteiger partial charge in [-0.2, -0.15) is 0 Å². The number of fused-ring (bicyclic) bond motifs is 1. The van der Waals surface area contributed by atoms with Gasteiger partial charge in [0.1, 0.15) is 11.3 Å². The fourth-order valence-corrected chi connectivity index (χ4v) is 3.84. The Morgan fingerprint density at radius 2 is 1.70 bits per heavy atom. The number of rotatable bonds is 2. The highest BCUT2D eigenvalue weighted by Gasteiger charge is 2.18. The molecule has 4 rings (SSSR count). The third-order valence-electron chi connectivity index (χ3n) is 4.75. The molecule has 6 nitrogen and oxygen atoms in total. The predicted molar refractivity (Wildman–Crippen MR) is 110 cm³/mol. The summed E-state index contributed by atoms with van der Waals surface area (Å²) in [5.41, 5.74) is 3.67. The van der Waals surface area contributed by atoms with E-state index in [2.05, 4.69) is 29.7 Å². The Labute approximate surface area is 168 Å². The van der Waals surface area contributed by atoms with Crippen molar-refractivity contribution in [2.45, 2.75) is 19.8 Å². The van der Waals surface area contributed by atoms with Crippen LogP contribution in [0, 0.1) is 6.92 Å². The average molecular weight is 403 g/mol. The molecule has 8 heteroatoms. The first kappa shape index (κ1) is 18.2. The van der Waals surface area contributed by atoms with Crippen molar-refractivity contribution < 1.29 is 0 Å². The van der Waals surface area contributed by atoms with Crippen molar-refractivity contribution in [2.24, 2.45) is 0 Å². The minimum Gasteiger partial charge on any atom is -0.368 e. The Hall–Kier alpha value is -2.18. The Bertz CT molecular complexity index is 944. The molecule has 0 atom stereocenters. The van der Waals surface area contributed by atoms with Crippen molar-refractivity contribution in [1.29, 1.82) is 0 Å². The van der Waals surface area contributed by atoms with Crippen LogP contribution in [-0.4, -0.2) is 46.1 Å². The number of halogens is 2. The number of anilines is 2. The molecule has 3 aromatic rings. The molecule has 0 aliphatic carbocycles. The Morgan fingerprint density at radius 1 is 0.926 bits per heavy atom. The molecule has 1 saturated heterocycles. The van der Waals surface area contributed by atoms with Crippen LogP contribution in [0.3, 0.4) is 0 Å². The molecule has 4 heterocycles. The van der Waals surface area contributed by atoms with Gasteiger partial charge in [0, 0.05) is 50.3 Å². The molecule has 3 aromatic heterocycles. The molecule has 27 heavy (non-hydrogen) atoms. The Morgan fingerprint density at radius 3 is 2.52 bits per heavy atom. The van der Waals surface area contributed by atoms with Crippen molar-refractivity contribution in [3.63, 3.8) is 0 Å². The lowest BCUT2D eigenvalue weighted by molar-refractivity contribution is 0.610. The van der Waals surface area contributed by atoms with Gasteiger partial charge in [-0.3, -0.25) is 9.97 Å². The van der Waals surface area contributed by atoms with Gasteiger partial charge in [-0.15, -0.1) is 0 Å². The van der Waals surface area contributed by atoms with Crippen molar-refractivity contribution in [1.82, 2.24) is 19.9 Å². The van der Waals surface area contributed by atoms with Crippen LogP contribution in [0.25, 0.3) is 11.0 Å². The third-order valence-corrected chi connectivity index (χ3v) is 5.12. The van der Waals surface area contributed by atoms with Crippen LogP contribution >= 0.6 is 23.2 Å². The summed E-state index contributed by atoms with van der Waals surface area (Å²) in [5.74, 6) is 0.888. The molecule has 0 bridgehead atoms. The van der Waals surface area contributed by atoms with Crippen LogP contribution in [-0.2, 0) is 0 Å². The minimum atomic E-state index is 0.296. The maximum Gasteiger partial charge on any atom is 0.224 e. The lowest BCUT2D eigenvalue weighted by atomic mass is 10.2. The monoisotopic (exact) mass is 402 g/mol. The Balaban J connectivity index is 1.60. The van der Waals surface area contributed by atoms with E-state index in [-0.39, 0.29) is 0 Å². The van der Waals surface area contributed by atoms with E-state index >= 15 is 0 Å². The maximum atomic E-state index is 6.07. The van der Waals surface area contributed by atoms with E-state index in [4.69, 9.17) is 23.2 Å². The Kier molecular flexibility index (Phi) is 5.27. The van der Waals surface area contributed by atoms with Gasteiger partial charge in [-0.1, -0.05) is 11.6 Å². The van der Waals surface area contributed by atoms with E-state index in [1.165, 1.54) is 0 Å². The summed E-state index contributed by atoms with van der Waals surface area (Å²) in [7, 11) is 0. The summed E-state index contributed by atoms with van der Waals surface area (Å²) in [6, 6.07) is 5.87. The highest BCUT2D eigenvalue weighted by Crippen LogP contribution is 2.27. The fraction of sp³-hybridized carbons (Fsp3) is 0.368. The van der Waals surface area contributed by atoms with Crippen molar-refractivity contribution in [3.8, 4) is 0 Å². The van der Waals surface area contributed by atoms with Crippen LogP contribution in [0.4, 0.5) is 11.5 Å². The summed E-state index contributed by atoms with van der Waals surface area (Å²) < 4.78 is 0. The first-order valence-electron chi connectivity index (χ1n) is 9.01. The summed E-state index contributed by atoms with van der Waals surface area (Å²) in [5, 5.41) is 0.895. The number of hydrogen-bond acceptors (Lipinski definition) is 6. The van der Waals surface area contributed by atoms with Crippen LogP contribution in [0.1, 0.15) is 18.5 Å². The van der Waals surface area contributed by atoms with Crippen molar-refractivity contribution >= 4 is 45.7 Å². The second-order valence-corrected chi connectivity index (χ2v) is 7.44. The maximum absolute atomic E-state index is 6.07. The quantitative estimate of drug-likeness (QED) is 0.600. The highest BCUT2D eigenvalue weighted by atomic mass is 35.5. The van der Waals surface area contributed by atoms with Gasteiger partial charge < -0.3 is 9.80 Å². The number of aryl methyl sites for hydroxylation is 1. The van der Waals surface area contributed by atoms with E-state index in [0.717, 1.165) is 67.3 Å². The fourth-order valence-electron chi connectivity index (χ4n) is 3.47.